The van der Waals surface area contributed by atoms with Crippen LogP contribution in [0.15, 0.2) is 72.9 Å². The van der Waals surface area contributed by atoms with Crippen LogP contribution in [0.25, 0.3) is 32.9 Å². The Balaban J connectivity index is 1.66. The Labute approximate surface area is 239 Å². The van der Waals surface area contributed by atoms with Crippen LogP contribution >= 0.6 is 0 Å². The Morgan fingerprint density at radius 1 is 1.10 bits per heavy atom. The van der Waals surface area contributed by atoms with Gasteiger partial charge in [-0.3, -0.25) is 0 Å². The van der Waals surface area contributed by atoms with Gasteiger partial charge < -0.3 is 14.0 Å². The van der Waals surface area contributed by atoms with Crippen LogP contribution in [0.5, 0.6) is 0 Å². The van der Waals surface area contributed by atoms with Crippen LogP contribution in [0, 0.1) is 11.3 Å². The zero-order valence-electron chi connectivity index (χ0n) is 23.8. The highest BCUT2D eigenvalue weighted by Gasteiger charge is 2.32. The second kappa shape index (κ2) is 10.9. The van der Waals surface area contributed by atoms with E-state index in [0.29, 0.717) is 18.5 Å². The zero-order valence-corrected chi connectivity index (χ0v) is 23.8. The van der Waals surface area contributed by atoms with Gasteiger partial charge in [0.1, 0.15) is 0 Å². The lowest BCUT2D eigenvalue weighted by atomic mass is 9.81. The van der Waals surface area contributed by atoms with Crippen LogP contribution in [0.3, 0.4) is 0 Å². The number of hydrogen-bond donors (Lipinski definition) is 0. The maximum Gasteiger partial charge on any atom is 0.337 e. The first-order valence-corrected chi connectivity index (χ1v) is 14.2. The number of aromatic nitrogens is 3. The van der Waals surface area contributed by atoms with Gasteiger partial charge in [-0.15, -0.1) is 0 Å². The molecule has 3 heterocycles. The number of fused-ring (bicyclic) bond motifs is 2. The number of methoxy groups -OCH3 is 1. The Hall–Kier alpha value is -4.41. The minimum Gasteiger partial charge on any atom is -0.465 e. The lowest BCUT2D eigenvalue weighted by molar-refractivity contribution is -0.0366. The monoisotopic (exact) mass is 546 g/mol. The fourth-order valence-corrected chi connectivity index (χ4v) is 6.13. The van der Waals surface area contributed by atoms with E-state index in [1.807, 2.05) is 29.1 Å². The maximum absolute atomic E-state index is 12.2. The van der Waals surface area contributed by atoms with Crippen molar-refractivity contribution in [3.05, 3.63) is 89.7 Å². The number of carbonyl (C=O) groups excluding carboxylic acids is 1. The molecule has 0 amide bonds. The SMILES string of the molecule is COC(=O)c1ccc(-c2c(C(C)(C)CC#N)n(Cc3ccccc3)c3cc4cnn(C5CCCCO5)c4cc23)cc1. The van der Waals surface area contributed by atoms with Crippen molar-refractivity contribution in [2.75, 3.05) is 13.7 Å². The van der Waals surface area contributed by atoms with Gasteiger partial charge in [0.05, 0.1) is 36.0 Å². The summed E-state index contributed by atoms with van der Waals surface area (Å²) in [7, 11) is 1.39. The number of nitriles is 1. The molecule has 0 saturated carbocycles. The van der Waals surface area contributed by atoms with Gasteiger partial charge in [-0.05, 0) is 54.7 Å². The van der Waals surface area contributed by atoms with Gasteiger partial charge >= 0.3 is 5.97 Å². The summed E-state index contributed by atoms with van der Waals surface area (Å²) < 4.78 is 15.4. The second-order valence-corrected chi connectivity index (χ2v) is 11.4. The van der Waals surface area contributed by atoms with E-state index in [9.17, 15) is 10.1 Å². The predicted molar refractivity (Wildman–Crippen MR) is 160 cm³/mol. The molecule has 7 heteroatoms. The molecule has 3 aromatic carbocycles. The highest BCUT2D eigenvalue weighted by atomic mass is 16.5. The second-order valence-electron chi connectivity index (χ2n) is 11.4. The van der Waals surface area contributed by atoms with Crippen LogP contribution in [0.4, 0.5) is 0 Å². The molecule has 0 radical (unpaired) electrons. The molecule has 1 aliphatic heterocycles. The van der Waals surface area contributed by atoms with Crippen molar-refractivity contribution in [3.63, 3.8) is 0 Å². The molecule has 1 saturated heterocycles. The minimum atomic E-state index is -0.455. The highest BCUT2D eigenvalue weighted by Crippen LogP contribution is 2.44. The first-order chi connectivity index (χ1) is 19.9. The molecule has 6 rings (SSSR count). The molecule has 0 N–H and O–H groups in total. The fourth-order valence-electron chi connectivity index (χ4n) is 6.13. The van der Waals surface area contributed by atoms with Crippen LogP contribution < -0.4 is 0 Å². The van der Waals surface area contributed by atoms with E-state index in [2.05, 4.69) is 60.9 Å². The largest absolute Gasteiger partial charge is 0.465 e. The zero-order chi connectivity index (χ0) is 28.6. The summed E-state index contributed by atoms with van der Waals surface area (Å²) in [5, 5.41) is 16.8. The molecule has 41 heavy (non-hydrogen) atoms. The van der Waals surface area contributed by atoms with E-state index in [1.165, 1.54) is 12.7 Å². The molecular weight excluding hydrogens is 512 g/mol. The Bertz CT molecular complexity index is 1750. The number of benzene rings is 3. The molecule has 0 spiro atoms. The molecule has 1 fully saturated rings. The van der Waals surface area contributed by atoms with E-state index >= 15 is 0 Å². The topological polar surface area (TPSA) is 82.1 Å². The van der Waals surface area contributed by atoms with E-state index in [0.717, 1.165) is 64.5 Å². The van der Waals surface area contributed by atoms with Gasteiger partial charge in [0.25, 0.3) is 0 Å². The lowest BCUT2D eigenvalue weighted by Crippen LogP contribution is -2.22. The smallest absolute Gasteiger partial charge is 0.337 e. The number of ether oxygens (including phenoxy) is 2. The molecule has 2 aromatic heterocycles. The quantitative estimate of drug-likeness (QED) is 0.199. The molecule has 0 aliphatic carbocycles. The standard InChI is InChI=1S/C34H34N4O3/c1-34(2,16-17-35)32-31(24-12-14-25(15-13-24)33(39)40-3)27-20-28-26(21-36-38(28)30-11-7-8-18-41-30)19-29(27)37(32)22-23-9-5-4-6-10-23/h4-6,9-10,12-15,19-21,30H,7-8,11,16,18,22H2,1-3H3. The number of esters is 1. The number of rotatable bonds is 7. The van der Waals surface area contributed by atoms with Gasteiger partial charge in [-0.25, -0.2) is 9.48 Å². The van der Waals surface area contributed by atoms with Crippen LogP contribution in [0.1, 0.15) is 67.4 Å². The molecule has 5 aromatic rings. The Morgan fingerprint density at radius 2 is 1.88 bits per heavy atom. The van der Waals surface area contributed by atoms with E-state index < -0.39 is 5.41 Å². The molecule has 1 unspecified atom stereocenters. The average molecular weight is 547 g/mol. The summed E-state index contributed by atoms with van der Waals surface area (Å²) in [5.41, 5.74) is 6.46. The Morgan fingerprint density at radius 3 is 2.56 bits per heavy atom. The number of nitrogens with zero attached hydrogens (tertiary/aromatic N) is 4. The molecule has 208 valence electrons. The van der Waals surface area contributed by atoms with Gasteiger partial charge in [0, 0.05) is 47.0 Å². The average Bonchev–Trinajstić information content (AvgIpc) is 3.55. The first kappa shape index (κ1) is 26.8. The lowest BCUT2D eigenvalue weighted by Gasteiger charge is -2.26. The minimum absolute atomic E-state index is 0.0811. The van der Waals surface area contributed by atoms with E-state index in [4.69, 9.17) is 14.6 Å². The Kier molecular flexibility index (Phi) is 7.10. The third-order valence-corrected chi connectivity index (χ3v) is 8.15. The van der Waals surface area contributed by atoms with Crippen molar-refractivity contribution in [2.24, 2.45) is 0 Å². The summed E-state index contributed by atoms with van der Waals surface area (Å²) in [6.45, 7) is 5.67. The first-order valence-electron chi connectivity index (χ1n) is 14.2. The normalized spacial score (nSPS) is 15.7. The number of hydrogen-bond acceptors (Lipinski definition) is 5. The summed E-state index contributed by atoms with van der Waals surface area (Å²) >= 11 is 0. The summed E-state index contributed by atoms with van der Waals surface area (Å²) in [5.74, 6) is -0.369. The molecule has 1 atom stereocenters. The molecule has 1 aliphatic rings. The van der Waals surface area contributed by atoms with Crippen molar-refractivity contribution in [1.82, 2.24) is 14.3 Å². The summed E-state index contributed by atoms with van der Waals surface area (Å²) in [6.07, 6.45) is 5.33. The van der Waals surface area contributed by atoms with E-state index in [1.54, 1.807) is 12.1 Å². The summed E-state index contributed by atoms with van der Waals surface area (Å²) in [6, 6.07) is 24.8. The van der Waals surface area contributed by atoms with Crippen LogP contribution in [-0.2, 0) is 21.4 Å². The van der Waals surface area contributed by atoms with Crippen molar-refractivity contribution in [3.8, 4) is 17.2 Å². The van der Waals surface area contributed by atoms with E-state index in [-0.39, 0.29) is 12.2 Å². The summed E-state index contributed by atoms with van der Waals surface area (Å²) in [4.78, 5) is 12.2. The van der Waals surface area contributed by atoms with Gasteiger partial charge in [-0.1, -0.05) is 56.3 Å². The van der Waals surface area contributed by atoms with Crippen molar-refractivity contribution >= 4 is 27.8 Å². The van der Waals surface area contributed by atoms with Gasteiger partial charge in [-0.2, -0.15) is 10.4 Å². The maximum atomic E-state index is 12.2. The molecular formula is C34H34N4O3. The third-order valence-electron chi connectivity index (χ3n) is 8.15. The molecule has 0 bridgehead atoms. The van der Waals surface area contributed by atoms with Crippen molar-refractivity contribution < 1.29 is 14.3 Å². The number of carbonyl (C=O) groups is 1. The van der Waals surface area contributed by atoms with Gasteiger partial charge in [0.2, 0.25) is 0 Å². The predicted octanol–water partition coefficient (Wildman–Crippen LogP) is 7.38. The van der Waals surface area contributed by atoms with Gasteiger partial charge in [0.15, 0.2) is 6.23 Å². The fraction of sp³-hybridized carbons (Fsp3) is 0.324. The molecule has 7 nitrogen and oxygen atoms in total. The van der Waals surface area contributed by atoms with Crippen LogP contribution in [-0.4, -0.2) is 34.0 Å². The van der Waals surface area contributed by atoms with Crippen LogP contribution in [0.2, 0.25) is 0 Å². The highest BCUT2D eigenvalue weighted by molar-refractivity contribution is 6.05. The third kappa shape index (κ3) is 4.89. The van der Waals surface area contributed by atoms with Crippen molar-refractivity contribution in [1.29, 1.82) is 5.26 Å². The van der Waals surface area contributed by atoms with Crippen molar-refractivity contribution in [2.45, 2.75) is 57.7 Å².